The lowest BCUT2D eigenvalue weighted by Crippen LogP contribution is -2.45. The summed E-state index contributed by atoms with van der Waals surface area (Å²) in [5, 5.41) is 10.7. The van der Waals surface area contributed by atoms with Gasteiger partial charge in [0.15, 0.2) is 5.96 Å². The number of aryl methyl sites for hydroxylation is 1. The quantitative estimate of drug-likeness (QED) is 0.407. The molecule has 0 bridgehead atoms. The molecule has 2 N–H and O–H groups in total. The number of hydrogen-bond donors (Lipinski definition) is 2. The van der Waals surface area contributed by atoms with E-state index >= 15 is 0 Å². The van der Waals surface area contributed by atoms with Gasteiger partial charge in [0.05, 0.1) is 6.54 Å². The highest BCUT2D eigenvalue weighted by atomic mass is 127. The molecule has 1 atom stereocenters. The largest absolute Gasteiger partial charge is 0.355 e. The third kappa shape index (κ3) is 5.42. The summed E-state index contributed by atoms with van der Waals surface area (Å²) in [6.45, 7) is 1.53. The Bertz CT molecular complexity index is 451. The monoisotopic (exact) mass is 407 g/mol. The van der Waals surface area contributed by atoms with Gasteiger partial charge in [0, 0.05) is 26.7 Å². The van der Waals surface area contributed by atoms with Crippen LogP contribution in [0, 0.1) is 5.92 Å². The molecule has 21 heavy (non-hydrogen) atoms. The maximum Gasteiger partial charge on any atom is 0.191 e. The van der Waals surface area contributed by atoms with Gasteiger partial charge in [-0.3, -0.25) is 9.67 Å². The first-order chi connectivity index (χ1) is 9.61. The number of halogens is 1. The first-order valence-electron chi connectivity index (χ1n) is 7.05. The van der Waals surface area contributed by atoms with Crippen LogP contribution in [0.5, 0.6) is 0 Å². The lowest BCUT2D eigenvalue weighted by atomic mass is 10.1. The average molecular weight is 407 g/mol. The van der Waals surface area contributed by atoms with Gasteiger partial charge in [-0.15, -0.1) is 24.0 Å². The standard InChI is InChI=1S/C13H25N7.HI/c1-14-13(16-8-12-17-9-18-20(12)4)15-7-11(19(2)3)10-5-6-10;/h9-11H,5-8H2,1-4H3,(H2,14,15,16);1H. The minimum absolute atomic E-state index is 0. The number of likely N-dealkylation sites (N-methyl/N-ethyl adjacent to an activating group) is 1. The maximum atomic E-state index is 4.25. The van der Waals surface area contributed by atoms with Gasteiger partial charge < -0.3 is 15.5 Å². The van der Waals surface area contributed by atoms with E-state index in [4.69, 9.17) is 0 Å². The second-order valence-corrected chi connectivity index (χ2v) is 5.47. The highest BCUT2D eigenvalue weighted by molar-refractivity contribution is 14.0. The molecular weight excluding hydrogens is 381 g/mol. The normalized spacial score (nSPS) is 16.5. The zero-order valence-electron chi connectivity index (χ0n) is 13.2. The summed E-state index contributed by atoms with van der Waals surface area (Å²) in [7, 11) is 7.95. The molecule has 0 saturated heterocycles. The molecule has 1 fully saturated rings. The number of aliphatic imine (C=N–C) groups is 1. The zero-order valence-corrected chi connectivity index (χ0v) is 15.5. The molecule has 1 aliphatic rings. The fourth-order valence-corrected chi connectivity index (χ4v) is 2.32. The van der Waals surface area contributed by atoms with Crippen LogP contribution in [-0.2, 0) is 13.6 Å². The molecule has 7 nitrogen and oxygen atoms in total. The number of hydrogen-bond acceptors (Lipinski definition) is 4. The molecule has 1 saturated carbocycles. The molecule has 1 aromatic rings. The molecule has 1 heterocycles. The van der Waals surface area contributed by atoms with Crippen LogP contribution in [0.2, 0.25) is 0 Å². The smallest absolute Gasteiger partial charge is 0.191 e. The van der Waals surface area contributed by atoms with Gasteiger partial charge in [-0.05, 0) is 32.9 Å². The van der Waals surface area contributed by atoms with Crippen LogP contribution in [0.15, 0.2) is 11.3 Å². The van der Waals surface area contributed by atoms with Crippen molar-refractivity contribution in [3.05, 3.63) is 12.2 Å². The van der Waals surface area contributed by atoms with Crippen molar-refractivity contribution < 1.29 is 0 Å². The molecule has 120 valence electrons. The van der Waals surface area contributed by atoms with E-state index in [2.05, 4.69) is 44.7 Å². The van der Waals surface area contributed by atoms with Crippen molar-refractivity contribution in [2.75, 3.05) is 27.7 Å². The molecule has 1 aromatic heterocycles. The van der Waals surface area contributed by atoms with Crippen LogP contribution >= 0.6 is 24.0 Å². The van der Waals surface area contributed by atoms with Gasteiger partial charge in [0.2, 0.25) is 0 Å². The minimum atomic E-state index is 0. The molecule has 1 aliphatic carbocycles. The number of nitrogens with zero attached hydrogens (tertiary/aromatic N) is 5. The van der Waals surface area contributed by atoms with Gasteiger partial charge in [-0.1, -0.05) is 0 Å². The summed E-state index contributed by atoms with van der Waals surface area (Å²) in [5.74, 6) is 2.52. The Hall–Kier alpha value is -0.900. The third-order valence-corrected chi connectivity index (χ3v) is 3.75. The Labute approximate surface area is 143 Å². The van der Waals surface area contributed by atoms with Crippen LogP contribution in [0.25, 0.3) is 0 Å². The van der Waals surface area contributed by atoms with Crippen molar-refractivity contribution in [1.82, 2.24) is 30.3 Å². The minimum Gasteiger partial charge on any atom is -0.355 e. The van der Waals surface area contributed by atoms with Gasteiger partial charge in [-0.25, -0.2) is 4.98 Å². The molecular formula is C13H26IN7. The Morgan fingerprint density at radius 3 is 2.67 bits per heavy atom. The molecule has 2 rings (SSSR count). The lowest BCUT2D eigenvalue weighted by molar-refractivity contribution is 0.264. The summed E-state index contributed by atoms with van der Waals surface area (Å²) in [5.41, 5.74) is 0. The van der Waals surface area contributed by atoms with E-state index in [1.165, 1.54) is 12.8 Å². The first-order valence-corrected chi connectivity index (χ1v) is 7.05. The summed E-state index contributed by atoms with van der Waals surface area (Å²) in [6, 6.07) is 0.573. The highest BCUT2D eigenvalue weighted by Gasteiger charge is 2.32. The van der Waals surface area contributed by atoms with E-state index in [9.17, 15) is 0 Å². The number of nitrogens with one attached hydrogen (secondary N) is 2. The fraction of sp³-hybridized carbons (Fsp3) is 0.769. The number of guanidine groups is 1. The van der Waals surface area contributed by atoms with E-state index in [0.29, 0.717) is 12.6 Å². The lowest BCUT2D eigenvalue weighted by Gasteiger charge is -2.25. The topological polar surface area (TPSA) is 70.4 Å². The van der Waals surface area contributed by atoms with Crippen molar-refractivity contribution in [2.24, 2.45) is 18.0 Å². The predicted molar refractivity (Wildman–Crippen MR) is 94.8 cm³/mol. The van der Waals surface area contributed by atoms with E-state index in [-0.39, 0.29) is 24.0 Å². The van der Waals surface area contributed by atoms with Gasteiger partial charge >= 0.3 is 0 Å². The van der Waals surface area contributed by atoms with Gasteiger partial charge in [0.25, 0.3) is 0 Å². The SMILES string of the molecule is CN=C(NCc1ncnn1C)NCC(C1CC1)N(C)C.I. The summed E-state index contributed by atoms with van der Waals surface area (Å²) < 4.78 is 1.76. The number of aromatic nitrogens is 3. The molecule has 8 heteroatoms. The van der Waals surface area contributed by atoms with E-state index in [1.54, 1.807) is 18.1 Å². The van der Waals surface area contributed by atoms with Crippen LogP contribution < -0.4 is 10.6 Å². The second kappa shape index (κ2) is 8.52. The summed E-state index contributed by atoms with van der Waals surface area (Å²) in [6.07, 6.45) is 4.24. The summed E-state index contributed by atoms with van der Waals surface area (Å²) in [4.78, 5) is 10.7. The van der Waals surface area contributed by atoms with Crippen molar-refractivity contribution in [1.29, 1.82) is 0 Å². The molecule has 1 unspecified atom stereocenters. The molecule has 0 aromatic carbocycles. The molecule has 0 aliphatic heterocycles. The van der Waals surface area contributed by atoms with Crippen LogP contribution in [0.3, 0.4) is 0 Å². The van der Waals surface area contributed by atoms with Gasteiger partial charge in [-0.2, -0.15) is 5.10 Å². The molecule has 0 radical (unpaired) electrons. The van der Waals surface area contributed by atoms with Crippen molar-refractivity contribution in [2.45, 2.75) is 25.4 Å². The third-order valence-electron chi connectivity index (χ3n) is 3.75. The number of rotatable bonds is 6. The summed E-state index contributed by atoms with van der Waals surface area (Å²) >= 11 is 0. The predicted octanol–water partition coefficient (Wildman–Crippen LogP) is 0.438. The zero-order chi connectivity index (χ0) is 14.5. The Kier molecular flexibility index (Phi) is 7.36. The van der Waals surface area contributed by atoms with Crippen molar-refractivity contribution in [3.8, 4) is 0 Å². The first kappa shape index (κ1) is 18.1. The van der Waals surface area contributed by atoms with E-state index in [0.717, 1.165) is 24.2 Å². The Morgan fingerprint density at radius 2 is 2.19 bits per heavy atom. The Morgan fingerprint density at radius 1 is 1.48 bits per heavy atom. The van der Waals surface area contributed by atoms with E-state index in [1.807, 2.05) is 7.05 Å². The Balaban J connectivity index is 0.00000220. The van der Waals surface area contributed by atoms with Crippen LogP contribution in [-0.4, -0.2) is 59.4 Å². The second-order valence-electron chi connectivity index (χ2n) is 5.47. The fourth-order valence-electron chi connectivity index (χ4n) is 2.32. The maximum absolute atomic E-state index is 4.25. The van der Waals surface area contributed by atoms with Gasteiger partial charge in [0.1, 0.15) is 12.2 Å². The highest BCUT2D eigenvalue weighted by Crippen LogP contribution is 2.34. The van der Waals surface area contributed by atoms with E-state index < -0.39 is 0 Å². The van der Waals surface area contributed by atoms with Crippen LogP contribution in [0.4, 0.5) is 0 Å². The van der Waals surface area contributed by atoms with Crippen molar-refractivity contribution >= 4 is 29.9 Å². The molecule has 0 spiro atoms. The van der Waals surface area contributed by atoms with Crippen LogP contribution in [0.1, 0.15) is 18.7 Å². The van der Waals surface area contributed by atoms with Crippen molar-refractivity contribution in [3.63, 3.8) is 0 Å². The molecule has 0 amide bonds. The average Bonchev–Trinajstić information content (AvgIpc) is 3.16.